The van der Waals surface area contributed by atoms with Crippen LogP contribution in [-0.4, -0.2) is 18.7 Å². The quantitative estimate of drug-likeness (QED) is 0.839. The van der Waals surface area contributed by atoms with Crippen molar-refractivity contribution in [3.63, 3.8) is 0 Å². The average molecular weight is 268 g/mol. The van der Waals surface area contributed by atoms with E-state index in [4.69, 9.17) is 14.2 Å². The maximum absolute atomic E-state index is 12.3. The first-order valence-electron chi connectivity index (χ1n) is 6.50. The van der Waals surface area contributed by atoms with E-state index < -0.39 is 6.10 Å². The number of para-hydroxylation sites is 1. The summed E-state index contributed by atoms with van der Waals surface area (Å²) in [4.78, 5) is 12.3. The number of carbonyl (C=O) groups is 1. The Kier molecular flexibility index (Phi) is 2.42. The molecule has 4 nitrogen and oxygen atoms in total. The molecule has 0 radical (unpaired) electrons. The van der Waals surface area contributed by atoms with E-state index in [0.717, 1.165) is 17.1 Å². The minimum Gasteiger partial charge on any atom is -0.481 e. The van der Waals surface area contributed by atoms with Crippen molar-refractivity contribution in [2.75, 3.05) is 6.79 Å². The molecular weight excluding hydrogens is 256 g/mol. The molecule has 0 aromatic heterocycles. The zero-order valence-corrected chi connectivity index (χ0v) is 10.7. The Morgan fingerprint density at radius 1 is 1.00 bits per heavy atom. The Morgan fingerprint density at radius 2 is 1.85 bits per heavy atom. The predicted molar refractivity (Wildman–Crippen MR) is 71.5 cm³/mol. The summed E-state index contributed by atoms with van der Waals surface area (Å²) in [6.45, 7) is 0.253. The highest BCUT2D eigenvalue weighted by atomic mass is 16.7. The minimum atomic E-state index is -0.451. The average Bonchev–Trinajstić information content (AvgIpc) is 3.05. The van der Waals surface area contributed by atoms with Crippen molar-refractivity contribution in [2.45, 2.75) is 12.5 Å². The van der Waals surface area contributed by atoms with E-state index in [1.165, 1.54) is 0 Å². The number of hydrogen-bond donors (Lipinski definition) is 0. The molecular formula is C16H12O4. The minimum absolute atomic E-state index is 0.0401. The van der Waals surface area contributed by atoms with Crippen LogP contribution in [0.2, 0.25) is 0 Å². The monoisotopic (exact) mass is 268 g/mol. The Bertz CT molecular complexity index is 693. The van der Waals surface area contributed by atoms with Gasteiger partial charge in [-0.05, 0) is 29.8 Å². The zero-order valence-electron chi connectivity index (χ0n) is 10.7. The summed E-state index contributed by atoms with van der Waals surface area (Å²) < 4.78 is 16.3. The van der Waals surface area contributed by atoms with Gasteiger partial charge >= 0.3 is 0 Å². The molecule has 4 rings (SSSR count). The topological polar surface area (TPSA) is 44.8 Å². The Labute approximate surface area is 115 Å². The number of rotatable bonds is 2. The van der Waals surface area contributed by atoms with E-state index in [1.807, 2.05) is 36.4 Å². The van der Waals surface area contributed by atoms with Gasteiger partial charge in [-0.1, -0.05) is 18.2 Å². The van der Waals surface area contributed by atoms with Crippen LogP contribution in [0.25, 0.3) is 0 Å². The van der Waals surface area contributed by atoms with Crippen LogP contribution in [-0.2, 0) is 6.42 Å². The third kappa shape index (κ3) is 1.72. The molecule has 0 spiro atoms. The molecule has 2 aromatic rings. The second-order valence-electron chi connectivity index (χ2n) is 4.86. The van der Waals surface area contributed by atoms with Crippen molar-refractivity contribution in [1.82, 2.24) is 0 Å². The largest absolute Gasteiger partial charge is 0.481 e. The van der Waals surface area contributed by atoms with E-state index >= 15 is 0 Å². The fourth-order valence-electron chi connectivity index (χ4n) is 2.57. The van der Waals surface area contributed by atoms with Crippen LogP contribution < -0.4 is 14.2 Å². The lowest BCUT2D eigenvalue weighted by Crippen LogP contribution is -2.23. The predicted octanol–water partition coefficient (Wildman–Crippen LogP) is 2.60. The lowest BCUT2D eigenvalue weighted by Gasteiger charge is -2.09. The molecule has 1 atom stereocenters. The van der Waals surface area contributed by atoms with Crippen LogP contribution in [0.5, 0.6) is 17.2 Å². The highest BCUT2D eigenvalue weighted by Crippen LogP contribution is 2.34. The van der Waals surface area contributed by atoms with E-state index in [0.29, 0.717) is 17.7 Å². The maximum atomic E-state index is 12.3. The number of ether oxygens (including phenoxy) is 3. The van der Waals surface area contributed by atoms with Crippen LogP contribution >= 0.6 is 0 Å². The van der Waals surface area contributed by atoms with Crippen molar-refractivity contribution < 1.29 is 19.0 Å². The van der Waals surface area contributed by atoms with Gasteiger partial charge < -0.3 is 14.2 Å². The number of benzene rings is 2. The van der Waals surface area contributed by atoms with Gasteiger partial charge in [0.1, 0.15) is 5.75 Å². The van der Waals surface area contributed by atoms with Gasteiger partial charge in [0.05, 0.1) is 5.56 Å². The van der Waals surface area contributed by atoms with Gasteiger partial charge in [0, 0.05) is 6.42 Å². The van der Waals surface area contributed by atoms with Gasteiger partial charge in [0.2, 0.25) is 12.6 Å². The second-order valence-corrected chi connectivity index (χ2v) is 4.86. The molecule has 2 aliphatic heterocycles. The molecule has 0 saturated carbocycles. The molecule has 20 heavy (non-hydrogen) atoms. The number of ketones is 1. The summed E-state index contributed by atoms with van der Waals surface area (Å²) in [6, 6.07) is 13.1. The molecule has 0 fully saturated rings. The van der Waals surface area contributed by atoms with Crippen LogP contribution in [0.3, 0.4) is 0 Å². The molecule has 4 heteroatoms. The normalized spacial score (nSPS) is 18.8. The summed E-state index contributed by atoms with van der Waals surface area (Å²) in [7, 11) is 0. The number of hydrogen-bond acceptors (Lipinski definition) is 4. The smallest absolute Gasteiger partial charge is 0.231 e. The van der Waals surface area contributed by atoms with E-state index in [2.05, 4.69) is 0 Å². The molecule has 0 amide bonds. The van der Waals surface area contributed by atoms with E-state index in [-0.39, 0.29) is 12.6 Å². The molecule has 1 unspecified atom stereocenters. The maximum Gasteiger partial charge on any atom is 0.231 e. The van der Waals surface area contributed by atoms with E-state index in [9.17, 15) is 4.79 Å². The second kappa shape index (κ2) is 4.27. The van der Waals surface area contributed by atoms with Crippen LogP contribution in [0, 0.1) is 0 Å². The van der Waals surface area contributed by atoms with Crippen molar-refractivity contribution in [1.29, 1.82) is 0 Å². The Balaban J connectivity index is 1.58. The molecule has 100 valence electrons. The summed E-state index contributed by atoms with van der Waals surface area (Å²) in [6.07, 6.45) is 0.0808. The SMILES string of the molecule is O=C1c2ccccc2OC1Cc1ccc2c(c1)OCO2. The molecule has 0 aliphatic carbocycles. The molecule has 2 aromatic carbocycles. The third-order valence-corrected chi connectivity index (χ3v) is 3.57. The lowest BCUT2D eigenvalue weighted by molar-refractivity contribution is 0.0857. The summed E-state index contributed by atoms with van der Waals surface area (Å²) in [5.41, 5.74) is 1.67. The fraction of sp³-hybridized carbons (Fsp3) is 0.188. The molecule has 0 N–H and O–H groups in total. The third-order valence-electron chi connectivity index (χ3n) is 3.57. The van der Waals surface area contributed by atoms with Gasteiger partial charge in [0.15, 0.2) is 17.6 Å². The Hall–Kier alpha value is -2.49. The van der Waals surface area contributed by atoms with Crippen LogP contribution in [0.15, 0.2) is 42.5 Å². The van der Waals surface area contributed by atoms with Crippen molar-refractivity contribution in [2.24, 2.45) is 0 Å². The molecule has 0 saturated heterocycles. The first-order valence-corrected chi connectivity index (χ1v) is 6.50. The van der Waals surface area contributed by atoms with Crippen LogP contribution in [0.4, 0.5) is 0 Å². The standard InChI is InChI=1S/C16H12O4/c17-16-11-3-1-2-4-12(11)20-15(16)8-10-5-6-13-14(7-10)19-9-18-13/h1-7,15H,8-9H2. The van der Waals surface area contributed by atoms with Crippen molar-refractivity contribution in [3.8, 4) is 17.2 Å². The van der Waals surface area contributed by atoms with Gasteiger partial charge in [-0.15, -0.1) is 0 Å². The lowest BCUT2D eigenvalue weighted by atomic mass is 10.0. The first kappa shape index (κ1) is 11.3. The van der Waals surface area contributed by atoms with Crippen molar-refractivity contribution >= 4 is 5.78 Å². The number of Topliss-reactive ketones (excluding diaryl/α,β-unsaturated/α-hetero) is 1. The van der Waals surface area contributed by atoms with E-state index in [1.54, 1.807) is 6.07 Å². The summed E-state index contributed by atoms with van der Waals surface area (Å²) >= 11 is 0. The van der Waals surface area contributed by atoms with Crippen LogP contribution in [0.1, 0.15) is 15.9 Å². The number of fused-ring (bicyclic) bond motifs is 2. The molecule has 2 aliphatic rings. The van der Waals surface area contributed by atoms with Gasteiger partial charge in [-0.3, -0.25) is 4.79 Å². The van der Waals surface area contributed by atoms with Gasteiger partial charge in [0.25, 0.3) is 0 Å². The Morgan fingerprint density at radius 3 is 2.75 bits per heavy atom. The highest BCUT2D eigenvalue weighted by Gasteiger charge is 2.32. The fourth-order valence-corrected chi connectivity index (χ4v) is 2.57. The van der Waals surface area contributed by atoms with Gasteiger partial charge in [-0.25, -0.2) is 0 Å². The number of carbonyl (C=O) groups excluding carboxylic acids is 1. The zero-order chi connectivity index (χ0) is 13.5. The molecule has 2 heterocycles. The highest BCUT2D eigenvalue weighted by molar-refractivity contribution is 6.04. The summed E-state index contributed by atoms with van der Waals surface area (Å²) in [5.74, 6) is 2.18. The molecule has 0 bridgehead atoms. The van der Waals surface area contributed by atoms with Crippen molar-refractivity contribution in [3.05, 3.63) is 53.6 Å². The van der Waals surface area contributed by atoms with Gasteiger partial charge in [-0.2, -0.15) is 0 Å². The first-order chi connectivity index (χ1) is 9.81. The summed E-state index contributed by atoms with van der Waals surface area (Å²) in [5, 5.41) is 0.